The first kappa shape index (κ1) is 23.6. The van der Waals surface area contributed by atoms with Crippen molar-refractivity contribution in [3.05, 3.63) is 106 Å². The highest BCUT2D eigenvalue weighted by Gasteiger charge is 2.24. The number of carbonyl (C=O) groups is 2. The van der Waals surface area contributed by atoms with Gasteiger partial charge in [0, 0.05) is 23.8 Å². The lowest BCUT2D eigenvalue weighted by Crippen LogP contribution is -2.28. The highest BCUT2D eigenvalue weighted by molar-refractivity contribution is 8.18. The molecule has 4 aromatic rings. The van der Waals surface area contributed by atoms with E-state index < -0.39 is 0 Å². The number of urea groups is 1. The van der Waals surface area contributed by atoms with Crippen molar-refractivity contribution in [1.29, 1.82) is 0 Å². The second-order valence-corrected chi connectivity index (χ2v) is 9.33. The largest absolute Gasteiger partial charge is 0.334 e. The molecule has 1 fully saturated rings. The summed E-state index contributed by atoms with van der Waals surface area (Å²) in [5.41, 5.74) is 3.73. The summed E-state index contributed by atoms with van der Waals surface area (Å²) in [7, 11) is 0. The highest BCUT2D eigenvalue weighted by atomic mass is 35.5. The number of hydrogen-bond acceptors (Lipinski definition) is 5. The molecule has 0 unspecified atom stereocenters. The van der Waals surface area contributed by atoms with Crippen molar-refractivity contribution < 1.29 is 9.59 Å². The van der Waals surface area contributed by atoms with E-state index in [2.05, 4.69) is 25.9 Å². The van der Waals surface area contributed by atoms with Crippen LogP contribution in [0.3, 0.4) is 0 Å². The van der Waals surface area contributed by atoms with E-state index in [1.54, 1.807) is 24.4 Å². The fourth-order valence-electron chi connectivity index (χ4n) is 3.55. The van der Waals surface area contributed by atoms with Gasteiger partial charge in [0.05, 0.1) is 21.1 Å². The van der Waals surface area contributed by atoms with Crippen LogP contribution in [0.1, 0.15) is 11.1 Å². The number of anilines is 1. The highest BCUT2D eigenvalue weighted by Crippen LogP contribution is 2.33. The monoisotopic (exact) mass is 513 g/mol. The van der Waals surface area contributed by atoms with Crippen LogP contribution in [0.5, 0.6) is 0 Å². The second-order valence-electron chi connectivity index (χ2n) is 7.90. The molecule has 5 rings (SSSR count). The van der Waals surface area contributed by atoms with E-state index in [0.29, 0.717) is 33.0 Å². The van der Waals surface area contributed by atoms with Gasteiger partial charge in [-0.1, -0.05) is 54.1 Å². The van der Waals surface area contributed by atoms with Crippen LogP contribution in [0, 0.1) is 0 Å². The number of fused-ring (bicyclic) bond motifs is 1. The van der Waals surface area contributed by atoms with Crippen molar-refractivity contribution in [3.63, 3.8) is 0 Å². The van der Waals surface area contributed by atoms with Gasteiger partial charge in [-0.3, -0.25) is 9.78 Å². The number of pyridine rings is 1. The molecule has 3 aromatic carbocycles. The molecule has 0 spiro atoms. The van der Waals surface area contributed by atoms with Gasteiger partial charge in [-0.05, 0) is 65.4 Å². The van der Waals surface area contributed by atoms with Crippen LogP contribution in [-0.2, 0) is 11.3 Å². The van der Waals surface area contributed by atoms with E-state index in [-0.39, 0.29) is 11.9 Å². The number of nitrogens with zero attached hydrogens (tertiary/aromatic N) is 2. The first-order valence-electron chi connectivity index (χ1n) is 11.1. The van der Waals surface area contributed by atoms with Gasteiger partial charge in [0.25, 0.3) is 5.91 Å². The van der Waals surface area contributed by atoms with Gasteiger partial charge >= 0.3 is 6.03 Å². The molecule has 1 aliphatic rings. The van der Waals surface area contributed by atoms with E-state index in [0.717, 1.165) is 22.0 Å². The molecule has 0 saturated carbocycles. The average Bonchev–Trinajstić information content (AvgIpc) is 3.23. The molecule has 7 nitrogen and oxygen atoms in total. The lowest BCUT2D eigenvalue weighted by atomic mass is 10.1. The van der Waals surface area contributed by atoms with Crippen LogP contribution in [0.15, 0.2) is 95.0 Å². The Morgan fingerprint density at radius 3 is 2.78 bits per heavy atom. The maximum absolute atomic E-state index is 12.5. The van der Waals surface area contributed by atoms with Crippen LogP contribution in [0.25, 0.3) is 17.0 Å². The summed E-state index contributed by atoms with van der Waals surface area (Å²) < 4.78 is 0. The zero-order chi connectivity index (χ0) is 24.9. The molecular weight excluding hydrogens is 494 g/mol. The van der Waals surface area contributed by atoms with Crippen LogP contribution in [0.4, 0.5) is 16.2 Å². The van der Waals surface area contributed by atoms with E-state index in [9.17, 15) is 9.59 Å². The minimum absolute atomic E-state index is 0.240. The van der Waals surface area contributed by atoms with Gasteiger partial charge in [-0.2, -0.15) is 0 Å². The van der Waals surface area contributed by atoms with E-state index >= 15 is 0 Å². The van der Waals surface area contributed by atoms with Gasteiger partial charge in [0.15, 0.2) is 5.17 Å². The van der Waals surface area contributed by atoms with Crippen LogP contribution in [-0.4, -0.2) is 22.1 Å². The number of hydrogen-bond donors (Lipinski definition) is 3. The third-order valence-electron chi connectivity index (χ3n) is 5.30. The lowest BCUT2D eigenvalue weighted by Gasteiger charge is -2.09. The minimum atomic E-state index is -0.348. The smallest absolute Gasteiger partial charge is 0.319 e. The maximum atomic E-state index is 12.5. The molecule has 36 heavy (non-hydrogen) atoms. The topological polar surface area (TPSA) is 95.5 Å². The van der Waals surface area contributed by atoms with Crippen LogP contribution < -0.4 is 16.0 Å². The molecule has 0 atom stereocenters. The molecule has 2 heterocycles. The van der Waals surface area contributed by atoms with E-state index in [4.69, 9.17) is 11.6 Å². The summed E-state index contributed by atoms with van der Waals surface area (Å²) >= 11 is 7.56. The molecule has 3 N–H and O–H groups in total. The maximum Gasteiger partial charge on any atom is 0.319 e. The van der Waals surface area contributed by atoms with Crippen molar-refractivity contribution in [2.24, 2.45) is 4.99 Å². The first-order chi connectivity index (χ1) is 17.5. The Labute approximate surface area is 216 Å². The van der Waals surface area contributed by atoms with Crippen molar-refractivity contribution >= 4 is 68.8 Å². The van der Waals surface area contributed by atoms with Crippen molar-refractivity contribution in [2.75, 3.05) is 5.32 Å². The zero-order valence-corrected chi connectivity index (χ0v) is 20.4. The average molecular weight is 514 g/mol. The SMILES string of the molecule is O=C(NCc1ccccc1)Nc1ccc(Cl)c(N=C2NC(=O)/C(=C\c3ccc4ncccc4c3)S2)c1. The fraction of sp³-hybridized carbons (Fsp3) is 0.0370. The lowest BCUT2D eigenvalue weighted by molar-refractivity contribution is -0.115. The summed E-state index contributed by atoms with van der Waals surface area (Å²) in [6, 6.07) is 23.9. The van der Waals surface area contributed by atoms with Gasteiger partial charge in [-0.25, -0.2) is 9.79 Å². The number of amidine groups is 1. The number of aromatic nitrogens is 1. The zero-order valence-electron chi connectivity index (χ0n) is 18.9. The Balaban J connectivity index is 1.28. The summed E-state index contributed by atoms with van der Waals surface area (Å²) in [4.78, 5) is 34.2. The standard InChI is InChI=1S/C27H20ClN5O2S/c28-21-10-9-20(31-26(35)30-16-17-5-2-1-3-6-17)15-23(21)32-27-33-25(34)24(36-27)14-18-8-11-22-19(13-18)7-4-12-29-22/h1-15H,16H2,(H2,30,31,35)(H,32,33,34)/b24-14+. The molecule has 0 aliphatic carbocycles. The van der Waals surface area contributed by atoms with Gasteiger partial charge in [-0.15, -0.1) is 0 Å². The molecule has 178 valence electrons. The normalized spacial score (nSPS) is 15.3. The van der Waals surface area contributed by atoms with Gasteiger partial charge < -0.3 is 16.0 Å². The number of rotatable bonds is 5. The summed E-state index contributed by atoms with van der Waals surface area (Å²) in [5, 5.41) is 10.2. The van der Waals surface area contributed by atoms with Crippen molar-refractivity contribution in [2.45, 2.75) is 6.54 Å². The van der Waals surface area contributed by atoms with Crippen LogP contribution in [0.2, 0.25) is 5.02 Å². The third kappa shape index (κ3) is 5.73. The van der Waals surface area contributed by atoms with E-state index in [1.165, 1.54) is 11.8 Å². The number of carbonyl (C=O) groups excluding carboxylic acids is 2. The number of nitrogens with one attached hydrogen (secondary N) is 3. The molecule has 0 radical (unpaired) electrons. The number of halogens is 1. The molecule has 9 heteroatoms. The summed E-state index contributed by atoms with van der Waals surface area (Å²) in [6.07, 6.45) is 3.56. The predicted molar refractivity (Wildman–Crippen MR) is 146 cm³/mol. The minimum Gasteiger partial charge on any atom is -0.334 e. The Morgan fingerprint density at radius 1 is 1.06 bits per heavy atom. The molecule has 1 aromatic heterocycles. The quantitative estimate of drug-likeness (QED) is 0.281. The molecular formula is C27H20ClN5O2S. The van der Waals surface area contributed by atoms with Crippen LogP contribution >= 0.6 is 23.4 Å². The molecule has 1 saturated heterocycles. The fourth-order valence-corrected chi connectivity index (χ4v) is 4.55. The molecule has 1 aliphatic heterocycles. The Bertz CT molecular complexity index is 1520. The Kier molecular flexibility index (Phi) is 6.97. The first-order valence-corrected chi connectivity index (χ1v) is 12.3. The summed E-state index contributed by atoms with van der Waals surface area (Å²) in [5.74, 6) is -0.240. The van der Waals surface area contributed by atoms with Gasteiger partial charge in [0.2, 0.25) is 0 Å². The number of aliphatic imine (C=N–C) groups is 1. The van der Waals surface area contributed by atoms with Crippen molar-refractivity contribution in [1.82, 2.24) is 15.6 Å². The third-order valence-corrected chi connectivity index (χ3v) is 6.53. The number of benzene rings is 3. The van der Waals surface area contributed by atoms with E-state index in [1.807, 2.05) is 66.7 Å². The molecule has 0 bridgehead atoms. The second kappa shape index (κ2) is 10.6. The summed E-state index contributed by atoms with van der Waals surface area (Å²) in [6.45, 7) is 0.404. The Hall–Kier alpha value is -4.14. The van der Waals surface area contributed by atoms with Crippen molar-refractivity contribution in [3.8, 4) is 0 Å². The predicted octanol–water partition coefficient (Wildman–Crippen LogP) is 6.10. The van der Waals surface area contributed by atoms with Gasteiger partial charge in [0.1, 0.15) is 0 Å². The Morgan fingerprint density at radius 2 is 1.92 bits per heavy atom. The molecule has 3 amide bonds. The number of thioether (sulfide) groups is 1. The number of amides is 3.